The van der Waals surface area contributed by atoms with E-state index in [-0.39, 0.29) is 0 Å². The predicted molar refractivity (Wildman–Crippen MR) is 60.4 cm³/mol. The van der Waals surface area contributed by atoms with Crippen molar-refractivity contribution in [3.63, 3.8) is 0 Å². The lowest BCUT2D eigenvalue weighted by atomic mass is 10.1. The van der Waals surface area contributed by atoms with Gasteiger partial charge in [0, 0.05) is 26.0 Å². The van der Waals surface area contributed by atoms with Crippen molar-refractivity contribution in [2.45, 2.75) is 4.90 Å². The summed E-state index contributed by atoms with van der Waals surface area (Å²) in [5, 5.41) is 11.2. The highest BCUT2D eigenvalue weighted by Gasteiger charge is 2.11. The van der Waals surface area contributed by atoms with Crippen LogP contribution in [-0.2, 0) is 0 Å². The molecule has 0 aliphatic rings. The van der Waals surface area contributed by atoms with Gasteiger partial charge in [0.05, 0.1) is 5.56 Å². The van der Waals surface area contributed by atoms with E-state index in [0.29, 0.717) is 21.5 Å². The van der Waals surface area contributed by atoms with Crippen LogP contribution in [0.25, 0.3) is 10.1 Å². The molecule has 0 saturated carbocycles. The van der Waals surface area contributed by atoms with Gasteiger partial charge >= 0.3 is 5.97 Å². The number of anilines is 1. The van der Waals surface area contributed by atoms with E-state index in [0.717, 1.165) is 4.70 Å². The third-order valence-corrected chi connectivity index (χ3v) is 3.29. The summed E-state index contributed by atoms with van der Waals surface area (Å²) in [7, 11) is 0. The molecule has 3 N–H and O–H groups in total. The fourth-order valence-electron chi connectivity index (χ4n) is 1.25. The van der Waals surface area contributed by atoms with E-state index in [1.54, 1.807) is 17.5 Å². The number of benzene rings is 1. The lowest BCUT2D eigenvalue weighted by Gasteiger charge is -1.99. The molecule has 3 nitrogen and oxygen atoms in total. The Morgan fingerprint density at radius 2 is 2.21 bits per heavy atom. The maximum absolute atomic E-state index is 10.8. The van der Waals surface area contributed by atoms with Crippen LogP contribution in [0, 0.1) is 0 Å². The van der Waals surface area contributed by atoms with Gasteiger partial charge in [0.1, 0.15) is 0 Å². The number of nitrogens with two attached hydrogens (primary N) is 1. The molecule has 1 heterocycles. The Bertz CT molecular complexity index is 519. The molecule has 0 fully saturated rings. The van der Waals surface area contributed by atoms with Crippen molar-refractivity contribution in [2.24, 2.45) is 0 Å². The van der Waals surface area contributed by atoms with Gasteiger partial charge in [-0.3, -0.25) is 0 Å². The number of hydrogen-bond donors (Lipinski definition) is 3. The quantitative estimate of drug-likeness (QED) is 0.516. The summed E-state index contributed by atoms with van der Waals surface area (Å²) in [5.74, 6) is -0.928. The maximum Gasteiger partial charge on any atom is 0.337 e. The minimum absolute atomic E-state index is 0.296. The van der Waals surface area contributed by atoms with Crippen LogP contribution in [0.4, 0.5) is 5.69 Å². The van der Waals surface area contributed by atoms with Gasteiger partial charge in [0.15, 0.2) is 0 Å². The first kappa shape index (κ1) is 9.36. The smallest absolute Gasteiger partial charge is 0.337 e. The first-order chi connectivity index (χ1) is 6.59. The first-order valence-corrected chi connectivity index (χ1v) is 5.15. The Morgan fingerprint density at radius 1 is 1.50 bits per heavy atom. The monoisotopic (exact) mass is 225 g/mol. The van der Waals surface area contributed by atoms with E-state index in [4.69, 9.17) is 10.8 Å². The third kappa shape index (κ3) is 1.34. The van der Waals surface area contributed by atoms with Crippen LogP contribution in [-0.4, -0.2) is 11.1 Å². The molecule has 1 aromatic heterocycles. The van der Waals surface area contributed by atoms with E-state index < -0.39 is 5.97 Å². The van der Waals surface area contributed by atoms with Crippen molar-refractivity contribution < 1.29 is 9.90 Å². The van der Waals surface area contributed by atoms with E-state index in [1.807, 2.05) is 0 Å². The number of aromatic carboxylic acids is 1. The number of fused-ring (bicyclic) bond motifs is 1. The summed E-state index contributed by atoms with van der Waals surface area (Å²) in [6.07, 6.45) is 0. The summed E-state index contributed by atoms with van der Waals surface area (Å²) < 4.78 is 0.890. The molecule has 72 valence electrons. The molecule has 0 atom stereocenters. The van der Waals surface area contributed by atoms with E-state index in [2.05, 4.69) is 12.6 Å². The number of thiol groups is 1. The summed E-state index contributed by atoms with van der Waals surface area (Å²) >= 11 is 5.55. The molecule has 5 heteroatoms. The van der Waals surface area contributed by atoms with Gasteiger partial charge in [-0.05, 0) is 12.1 Å². The molecular weight excluding hydrogens is 218 g/mol. The van der Waals surface area contributed by atoms with Gasteiger partial charge in [0.25, 0.3) is 0 Å². The molecule has 0 radical (unpaired) electrons. The topological polar surface area (TPSA) is 63.3 Å². The van der Waals surface area contributed by atoms with Crippen LogP contribution in [0.3, 0.4) is 0 Å². The number of hydrogen-bond acceptors (Lipinski definition) is 4. The Morgan fingerprint density at radius 3 is 2.86 bits per heavy atom. The molecule has 2 aromatic rings. The predicted octanol–water partition coefficient (Wildman–Crippen LogP) is 2.47. The Hall–Kier alpha value is -1.20. The number of carboxylic acids is 1. The highest BCUT2D eigenvalue weighted by atomic mass is 32.1. The van der Waals surface area contributed by atoms with Crippen LogP contribution in [0.15, 0.2) is 22.4 Å². The van der Waals surface area contributed by atoms with Crippen LogP contribution in [0.2, 0.25) is 0 Å². The van der Waals surface area contributed by atoms with Gasteiger partial charge in [-0.15, -0.1) is 24.0 Å². The zero-order chi connectivity index (χ0) is 10.3. The Kier molecular flexibility index (Phi) is 2.13. The average molecular weight is 225 g/mol. The molecule has 0 unspecified atom stereocenters. The number of nitrogen functional groups attached to an aromatic ring is 1. The molecule has 0 bridgehead atoms. The second kappa shape index (κ2) is 3.18. The van der Waals surface area contributed by atoms with E-state index in [9.17, 15) is 4.79 Å². The molecular formula is C9H7NO2S2. The summed E-state index contributed by atoms with van der Waals surface area (Å²) in [6.45, 7) is 0. The van der Waals surface area contributed by atoms with Crippen LogP contribution < -0.4 is 5.73 Å². The maximum atomic E-state index is 10.8. The number of carbonyl (C=O) groups is 1. The number of thiophene rings is 1. The van der Waals surface area contributed by atoms with Crippen molar-refractivity contribution >= 4 is 45.7 Å². The van der Waals surface area contributed by atoms with Crippen LogP contribution in [0.1, 0.15) is 10.4 Å². The number of carboxylic acid groups (broad SMARTS) is 1. The van der Waals surface area contributed by atoms with Crippen LogP contribution in [0.5, 0.6) is 0 Å². The second-order valence-electron chi connectivity index (χ2n) is 2.86. The van der Waals surface area contributed by atoms with E-state index >= 15 is 0 Å². The molecule has 2 rings (SSSR count). The average Bonchev–Trinajstić information content (AvgIpc) is 2.48. The molecule has 0 saturated heterocycles. The normalized spacial score (nSPS) is 10.6. The van der Waals surface area contributed by atoms with Crippen molar-refractivity contribution in [3.8, 4) is 0 Å². The molecule has 14 heavy (non-hydrogen) atoms. The second-order valence-corrected chi connectivity index (χ2v) is 4.25. The van der Waals surface area contributed by atoms with Crippen LogP contribution >= 0.6 is 24.0 Å². The highest BCUT2D eigenvalue weighted by Crippen LogP contribution is 2.31. The summed E-state index contributed by atoms with van der Waals surface area (Å²) in [5.41, 5.74) is 6.45. The first-order valence-electron chi connectivity index (χ1n) is 3.82. The largest absolute Gasteiger partial charge is 0.478 e. The minimum Gasteiger partial charge on any atom is -0.478 e. The van der Waals surface area contributed by atoms with Crippen molar-refractivity contribution in [3.05, 3.63) is 23.1 Å². The standard InChI is InChI=1S/C9H7NO2S2/c10-6-1-4-5(9(11)12)3-14-8(4)2-7(6)13/h1-3,13H,10H2,(H,11,12). The van der Waals surface area contributed by atoms with Gasteiger partial charge in [0.2, 0.25) is 0 Å². The summed E-state index contributed by atoms with van der Waals surface area (Å²) in [6, 6.07) is 3.43. The zero-order valence-electron chi connectivity index (χ0n) is 7.02. The molecule has 0 spiro atoms. The molecule has 1 aromatic carbocycles. The molecule has 0 aliphatic carbocycles. The van der Waals surface area contributed by atoms with E-state index in [1.165, 1.54) is 11.3 Å². The van der Waals surface area contributed by atoms with Crippen molar-refractivity contribution in [1.82, 2.24) is 0 Å². The lowest BCUT2D eigenvalue weighted by molar-refractivity contribution is 0.0699. The summed E-state index contributed by atoms with van der Waals surface area (Å²) in [4.78, 5) is 11.5. The zero-order valence-corrected chi connectivity index (χ0v) is 8.73. The lowest BCUT2D eigenvalue weighted by Crippen LogP contribution is -1.94. The molecule has 0 amide bonds. The van der Waals surface area contributed by atoms with Crippen molar-refractivity contribution in [1.29, 1.82) is 0 Å². The molecule has 0 aliphatic heterocycles. The van der Waals surface area contributed by atoms with Gasteiger partial charge < -0.3 is 10.8 Å². The minimum atomic E-state index is -0.928. The van der Waals surface area contributed by atoms with Crippen molar-refractivity contribution in [2.75, 3.05) is 5.73 Å². The SMILES string of the molecule is Nc1cc2c(C(=O)O)csc2cc1S. The van der Waals surface area contributed by atoms with Gasteiger partial charge in [-0.2, -0.15) is 0 Å². The third-order valence-electron chi connectivity index (χ3n) is 1.95. The van der Waals surface area contributed by atoms with Gasteiger partial charge in [-0.1, -0.05) is 0 Å². The Balaban J connectivity index is 2.80. The fraction of sp³-hybridized carbons (Fsp3) is 0. The number of rotatable bonds is 1. The fourth-order valence-corrected chi connectivity index (χ4v) is 2.48. The van der Waals surface area contributed by atoms with Gasteiger partial charge in [-0.25, -0.2) is 4.79 Å². The Labute approximate surface area is 89.6 Å². The highest BCUT2D eigenvalue weighted by molar-refractivity contribution is 7.80.